The van der Waals surface area contributed by atoms with Crippen molar-refractivity contribution in [1.82, 2.24) is 10.2 Å². The smallest absolute Gasteiger partial charge is 0.103 e. The van der Waals surface area contributed by atoms with Crippen LogP contribution in [0.4, 0.5) is 0 Å². The van der Waals surface area contributed by atoms with E-state index in [9.17, 15) is 5.11 Å². The molecule has 4 heteroatoms. The Morgan fingerprint density at radius 3 is 2.83 bits per heavy atom. The highest BCUT2D eigenvalue weighted by Crippen LogP contribution is 2.20. The molecule has 3 unspecified atom stereocenters. The monoisotopic (exact) mass is 328 g/mol. The number of aliphatic hydroxyl groups excluding tert-OH is 1. The van der Waals surface area contributed by atoms with Crippen molar-refractivity contribution in [1.29, 1.82) is 0 Å². The molecule has 0 aliphatic carbocycles. The molecule has 2 heterocycles. The van der Waals surface area contributed by atoms with E-state index in [2.05, 4.69) is 41.4 Å². The van der Waals surface area contributed by atoms with Crippen LogP contribution in [0.25, 0.3) is 0 Å². The SMILES string of the molecule is CC(CCc1ccco1)NCC1CC(O)CN1Cc1ccccc1. The number of nitrogens with one attached hydrogen (secondary N) is 1. The fraction of sp³-hybridized carbons (Fsp3) is 0.500. The van der Waals surface area contributed by atoms with E-state index in [4.69, 9.17) is 4.42 Å². The highest BCUT2D eigenvalue weighted by atomic mass is 16.3. The zero-order valence-corrected chi connectivity index (χ0v) is 14.4. The van der Waals surface area contributed by atoms with E-state index >= 15 is 0 Å². The second-order valence-corrected chi connectivity index (χ2v) is 6.89. The molecule has 130 valence electrons. The minimum atomic E-state index is -0.209. The third kappa shape index (κ3) is 4.94. The van der Waals surface area contributed by atoms with Crippen molar-refractivity contribution < 1.29 is 9.52 Å². The van der Waals surface area contributed by atoms with Crippen LogP contribution in [0.15, 0.2) is 53.1 Å². The lowest BCUT2D eigenvalue weighted by molar-refractivity contribution is 0.172. The summed E-state index contributed by atoms with van der Waals surface area (Å²) in [4.78, 5) is 2.40. The van der Waals surface area contributed by atoms with Crippen molar-refractivity contribution in [2.45, 2.75) is 50.9 Å². The van der Waals surface area contributed by atoms with E-state index in [1.807, 2.05) is 18.2 Å². The molecule has 0 amide bonds. The minimum Gasteiger partial charge on any atom is -0.469 e. The molecular weight excluding hydrogens is 300 g/mol. The maximum Gasteiger partial charge on any atom is 0.103 e. The molecule has 0 radical (unpaired) electrons. The molecule has 1 saturated heterocycles. The molecule has 1 aromatic carbocycles. The van der Waals surface area contributed by atoms with E-state index < -0.39 is 0 Å². The Hall–Kier alpha value is -1.62. The summed E-state index contributed by atoms with van der Waals surface area (Å²) in [6.07, 6.45) is 4.39. The summed E-state index contributed by atoms with van der Waals surface area (Å²) in [7, 11) is 0. The fourth-order valence-electron chi connectivity index (χ4n) is 3.43. The predicted octanol–water partition coefficient (Wildman–Crippen LogP) is 2.83. The molecule has 4 nitrogen and oxygen atoms in total. The Morgan fingerprint density at radius 2 is 2.08 bits per heavy atom. The number of hydrogen-bond acceptors (Lipinski definition) is 4. The summed E-state index contributed by atoms with van der Waals surface area (Å²) in [6.45, 7) is 4.81. The molecule has 3 atom stereocenters. The molecule has 2 N–H and O–H groups in total. The summed E-state index contributed by atoms with van der Waals surface area (Å²) in [6, 6.07) is 15.3. The van der Waals surface area contributed by atoms with Crippen LogP contribution in [-0.4, -0.2) is 41.3 Å². The van der Waals surface area contributed by atoms with E-state index in [0.29, 0.717) is 12.1 Å². The maximum absolute atomic E-state index is 10.1. The molecule has 1 aliphatic heterocycles. The molecule has 2 aromatic rings. The minimum absolute atomic E-state index is 0.209. The first kappa shape index (κ1) is 17.2. The van der Waals surface area contributed by atoms with E-state index in [1.165, 1.54) is 5.56 Å². The van der Waals surface area contributed by atoms with Crippen LogP contribution in [0.3, 0.4) is 0 Å². The number of hydrogen-bond donors (Lipinski definition) is 2. The second kappa shape index (κ2) is 8.47. The second-order valence-electron chi connectivity index (χ2n) is 6.89. The van der Waals surface area contributed by atoms with Gasteiger partial charge in [-0.1, -0.05) is 30.3 Å². The van der Waals surface area contributed by atoms with Crippen LogP contribution in [0.2, 0.25) is 0 Å². The van der Waals surface area contributed by atoms with Gasteiger partial charge in [0, 0.05) is 38.1 Å². The number of likely N-dealkylation sites (tertiary alicyclic amines) is 1. The lowest BCUT2D eigenvalue weighted by Crippen LogP contribution is -2.40. The first-order valence-electron chi connectivity index (χ1n) is 8.92. The molecule has 1 aromatic heterocycles. The normalized spacial score (nSPS) is 22.8. The van der Waals surface area contributed by atoms with Crippen molar-refractivity contribution in [3.63, 3.8) is 0 Å². The van der Waals surface area contributed by atoms with Crippen LogP contribution in [0.5, 0.6) is 0 Å². The van der Waals surface area contributed by atoms with Gasteiger partial charge in [0.15, 0.2) is 0 Å². The molecular formula is C20H28N2O2. The number of aliphatic hydroxyl groups is 1. The zero-order chi connectivity index (χ0) is 16.8. The van der Waals surface area contributed by atoms with Gasteiger partial charge in [0.1, 0.15) is 5.76 Å². The summed E-state index contributed by atoms with van der Waals surface area (Å²) in [5, 5.41) is 13.7. The van der Waals surface area contributed by atoms with Crippen LogP contribution in [-0.2, 0) is 13.0 Å². The number of benzene rings is 1. The van der Waals surface area contributed by atoms with Crippen molar-refractivity contribution in [3.8, 4) is 0 Å². The van der Waals surface area contributed by atoms with Crippen LogP contribution < -0.4 is 5.32 Å². The Bertz CT molecular complexity index is 585. The lowest BCUT2D eigenvalue weighted by Gasteiger charge is -2.26. The molecule has 0 saturated carbocycles. The Balaban J connectivity index is 1.45. The number of aryl methyl sites for hydroxylation is 1. The molecule has 24 heavy (non-hydrogen) atoms. The van der Waals surface area contributed by atoms with Gasteiger partial charge in [-0.05, 0) is 37.5 Å². The van der Waals surface area contributed by atoms with E-state index in [0.717, 1.165) is 44.7 Å². The van der Waals surface area contributed by atoms with E-state index in [-0.39, 0.29) is 6.10 Å². The van der Waals surface area contributed by atoms with Gasteiger partial charge in [0.2, 0.25) is 0 Å². The van der Waals surface area contributed by atoms with Crippen molar-refractivity contribution in [2.75, 3.05) is 13.1 Å². The first-order valence-corrected chi connectivity index (χ1v) is 8.92. The summed E-state index contributed by atoms with van der Waals surface area (Å²) < 4.78 is 5.39. The van der Waals surface area contributed by atoms with Crippen LogP contribution in [0.1, 0.15) is 31.1 Å². The third-order valence-corrected chi connectivity index (χ3v) is 4.84. The zero-order valence-electron chi connectivity index (χ0n) is 14.4. The highest BCUT2D eigenvalue weighted by Gasteiger charge is 2.30. The van der Waals surface area contributed by atoms with Gasteiger partial charge in [-0.2, -0.15) is 0 Å². The maximum atomic E-state index is 10.1. The summed E-state index contributed by atoms with van der Waals surface area (Å²) in [5.41, 5.74) is 1.31. The molecule has 3 rings (SSSR count). The first-order chi connectivity index (χ1) is 11.7. The van der Waals surface area contributed by atoms with Crippen LogP contribution in [0, 0.1) is 0 Å². The Kier molecular flexibility index (Phi) is 6.07. The molecule has 1 fully saturated rings. The van der Waals surface area contributed by atoms with Gasteiger partial charge in [-0.3, -0.25) is 4.90 Å². The number of rotatable bonds is 8. The van der Waals surface area contributed by atoms with E-state index in [1.54, 1.807) is 6.26 Å². The highest BCUT2D eigenvalue weighted by molar-refractivity contribution is 5.15. The summed E-state index contributed by atoms with van der Waals surface area (Å²) in [5.74, 6) is 1.05. The number of furan rings is 1. The van der Waals surface area contributed by atoms with Crippen LogP contribution >= 0.6 is 0 Å². The Labute approximate surface area is 144 Å². The summed E-state index contributed by atoms with van der Waals surface area (Å²) >= 11 is 0. The number of nitrogens with zero attached hydrogens (tertiary/aromatic N) is 1. The number of β-amino-alcohol motifs (C(OH)–C–C–N with tert-alkyl or cyclic N) is 1. The quantitative estimate of drug-likeness (QED) is 0.782. The largest absolute Gasteiger partial charge is 0.469 e. The van der Waals surface area contributed by atoms with Gasteiger partial charge < -0.3 is 14.8 Å². The predicted molar refractivity (Wildman–Crippen MR) is 95.8 cm³/mol. The molecule has 1 aliphatic rings. The van der Waals surface area contributed by atoms with Gasteiger partial charge in [0.05, 0.1) is 12.4 Å². The Morgan fingerprint density at radius 1 is 1.25 bits per heavy atom. The standard InChI is InChI=1S/C20H28N2O2/c1-16(9-10-20-8-5-11-24-20)21-13-18-12-19(23)15-22(18)14-17-6-3-2-4-7-17/h2-8,11,16,18-19,21,23H,9-10,12-15H2,1H3. The molecule has 0 spiro atoms. The van der Waals surface area contributed by atoms with Crippen molar-refractivity contribution in [2.24, 2.45) is 0 Å². The average molecular weight is 328 g/mol. The van der Waals surface area contributed by atoms with Gasteiger partial charge in [-0.25, -0.2) is 0 Å². The average Bonchev–Trinajstić information content (AvgIpc) is 3.22. The van der Waals surface area contributed by atoms with Crippen molar-refractivity contribution in [3.05, 3.63) is 60.1 Å². The van der Waals surface area contributed by atoms with Gasteiger partial charge in [0.25, 0.3) is 0 Å². The van der Waals surface area contributed by atoms with Crippen molar-refractivity contribution >= 4 is 0 Å². The molecule has 0 bridgehead atoms. The van der Waals surface area contributed by atoms with Gasteiger partial charge >= 0.3 is 0 Å². The fourth-order valence-corrected chi connectivity index (χ4v) is 3.43. The topological polar surface area (TPSA) is 48.6 Å². The lowest BCUT2D eigenvalue weighted by atomic mass is 10.1. The third-order valence-electron chi connectivity index (χ3n) is 4.84. The van der Waals surface area contributed by atoms with Gasteiger partial charge in [-0.15, -0.1) is 0 Å².